The lowest BCUT2D eigenvalue weighted by Crippen LogP contribution is -2.49. The monoisotopic (exact) mass is 356 g/mol. The molecule has 0 atom stereocenters. The maximum absolute atomic E-state index is 12.3. The highest BCUT2D eigenvalue weighted by Gasteiger charge is 2.34. The van der Waals surface area contributed by atoms with Crippen molar-refractivity contribution in [3.8, 4) is 5.75 Å². The first-order chi connectivity index (χ1) is 11.9. The van der Waals surface area contributed by atoms with Crippen molar-refractivity contribution in [3.63, 3.8) is 0 Å². The van der Waals surface area contributed by atoms with Crippen molar-refractivity contribution < 1.29 is 17.9 Å². The average molecular weight is 356 g/mol. The van der Waals surface area contributed by atoms with Gasteiger partial charge in [-0.05, 0) is 50.9 Å². The lowest BCUT2D eigenvalue weighted by molar-refractivity contribution is -0.274. The molecular formula is C17H23F3N4O. The van der Waals surface area contributed by atoms with Gasteiger partial charge in [0, 0.05) is 17.8 Å². The Hall–Kier alpha value is -1.96. The van der Waals surface area contributed by atoms with Gasteiger partial charge in [0.05, 0.1) is 6.04 Å². The van der Waals surface area contributed by atoms with E-state index < -0.39 is 6.36 Å². The van der Waals surface area contributed by atoms with Crippen molar-refractivity contribution in [1.29, 1.82) is 0 Å². The Morgan fingerprint density at radius 3 is 2.60 bits per heavy atom. The molecule has 25 heavy (non-hydrogen) atoms. The minimum absolute atomic E-state index is 0.175. The van der Waals surface area contributed by atoms with E-state index in [1.807, 2.05) is 0 Å². The summed E-state index contributed by atoms with van der Waals surface area (Å²) in [6.07, 6.45) is 1.11. The summed E-state index contributed by atoms with van der Waals surface area (Å²) in [6, 6.07) is 6.32. The van der Waals surface area contributed by atoms with Gasteiger partial charge in [0.2, 0.25) is 0 Å². The van der Waals surface area contributed by atoms with Crippen molar-refractivity contribution in [2.24, 2.45) is 10.7 Å². The smallest absolute Gasteiger partial charge is 0.406 e. The normalized spacial score (nSPS) is 25.3. The summed E-state index contributed by atoms with van der Waals surface area (Å²) in [7, 11) is 0. The van der Waals surface area contributed by atoms with E-state index in [0.29, 0.717) is 11.7 Å². The first-order valence-corrected chi connectivity index (χ1v) is 8.59. The van der Waals surface area contributed by atoms with E-state index in [9.17, 15) is 13.2 Å². The number of piperidine rings is 1. The zero-order valence-electron chi connectivity index (χ0n) is 13.9. The Balaban J connectivity index is 1.50. The van der Waals surface area contributed by atoms with Gasteiger partial charge in [-0.25, -0.2) is 4.99 Å². The molecule has 1 heterocycles. The molecule has 8 heteroatoms. The Morgan fingerprint density at radius 1 is 1.20 bits per heavy atom. The number of guanidine groups is 1. The summed E-state index contributed by atoms with van der Waals surface area (Å²) < 4.78 is 40.7. The van der Waals surface area contributed by atoms with Crippen molar-refractivity contribution in [2.75, 3.05) is 18.4 Å². The molecule has 0 spiro atoms. The lowest BCUT2D eigenvalue weighted by Gasteiger charge is -2.43. The molecule has 0 bridgehead atoms. The Kier molecular flexibility index (Phi) is 5.36. The van der Waals surface area contributed by atoms with E-state index in [1.165, 1.54) is 50.6 Å². The second-order valence-corrected chi connectivity index (χ2v) is 6.59. The van der Waals surface area contributed by atoms with Gasteiger partial charge < -0.3 is 20.7 Å². The number of aliphatic imine (C=N–C) groups is 1. The fourth-order valence-corrected chi connectivity index (χ4v) is 3.39. The molecule has 138 valence electrons. The maximum atomic E-state index is 12.3. The molecule has 0 unspecified atom stereocenters. The van der Waals surface area contributed by atoms with Gasteiger partial charge in [0.1, 0.15) is 5.75 Å². The predicted octanol–water partition coefficient (Wildman–Crippen LogP) is 3.33. The van der Waals surface area contributed by atoms with Crippen LogP contribution in [-0.2, 0) is 0 Å². The van der Waals surface area contributed by atoms with Crippen LogP contribution in [0.1, 0.15) is 32.1 Å². The van der Waals surface area contributed by atoms with Crippen molar-refractivity contribution >= 4 is 11.6 Å². The van der Waals surface area contributed by atoms with Crippen LogP contribution in [0.2, 0.25) is 0 Å². The molecule has 3 rings (SSSR count). The molecule has 3 N–H and O–H groups in total. The standard InChI is InChI=1S/C17H23F3N4O/c18-17(19,20)25-15-6-4-5-12(11-15)22-16(21)23-13-9-14(10-13)24-7-2-1-3-8-24/h4-6,11,13-14H,1-3,7-10H2,(H3,21,22,23). The summed E-state index contributed by atoms with van der Waals surface area (Å²) in [5.74, 6) is -0.0784. The molecule has 5 nitrogen and oxygen atoms in total. The SMILES string of the molecule is NC(=NC1CC(N2CCCCC2)C1)Nc1cccc(OC(F)(F)F)c1. The average Bonchev–Trinajstić information content (AvgIpc) is 2.50. The number of halogens is 3. The first-order valence-electron chi connectivity index (χ1n) is 8.59. The third kappa shape index (κ3) is 5.26. The van der Waals surface area contributed by atoms with Crippen LogP contribution in [0.4, 0.5) is 18.9 Å². The number of hydrogen-bond acceptors (Lipinski definition) is 3. The largest absolute Gasteiger partial charge is 0.573 e. The number of benzene rings is 1. The van der Waals surface area contributed by atoms with Gasteiger partial charge in [-0.1, -0.05) is 12.5 Å². The quantitative estimate of drug-likeness (QED) is 0.642. The van der Waals surface area contributed by atoms with Crippen LogP contribution in [0, 0.1) is 0 Å². The first kappa shape index (κ1) is 17.8. The van der Waals surface area contributed by atoms with Gasteiger partial charge in [-0.3, -0.25) is 0 Å². The van der Waals surface area contributed by atoms with Crippen LogP contribution < -0.4 is 15.8 Å². The number of alkyl halides is 3. The number of anilines is 1. The highest BCUT2D eigenvalue weighted by molar-refractivity contribution is 5.92. The van der Waals surface area contributed by atoms with Crippen LogP contribution in [0.15, 0.2) is 29.3 Å². The molecule has 1 saturated heterocycles. The highest BCUT2D eigenvalue weighted by Crippen LogP contribution is 2.30. The molecule has 0 radical (unpaired) electrons. The minimum Gasteiger partial charge on any atom is -0.406 e. The summed E-state index contributed by atoms with van der Waals surface area (Å²) in [5, 5.41) is 2.83. The molecule has 1 saturated carbocycles. The Bertz CT molecular complexity index is 608. The summed E-state index contributed by atoms with van der Waals surface area (Å²) in [5.41, 5.74) is 6.29. The van der Waals surface area contributed by atoms with E-state index in [0.717, 1.165) is 12.8 Å². The van der Waals surface area contributed by atoms with Crippen molar-refractivity contribution in [1.82, 2.24) is 4.90 Å². The molecule has 1 aliphatic heterocycles. The molecule has 2 fully saturated rings. The number of ether oxygens (including phenoxy) is 1. The molecule has 0 aromatic heterocycles. The number of hydrogen-bond donors (Lipinski definition) is 2. The number of nitrogens with zero attached hydrogens (tertiary/aromatic N) is 2. The van der Waals surface area contributed by atoms with Crippen LogP contribution in [-0.4, -0.2) is 42.4 Å². The van der Waals surface area contributed by atoms with Gasteiger partial charge in [-0.2, -0.15) is 0 Å². The topological polar surface area (TPSA) is 62.9 Å². The Labute approximate surface area is 145 Å². The second kappa shape index (κ2) is 7.51. The molecule has 1 aromatic rings. The highest BCUT2D eigenvalue weighted by atomic mass is 19.4. The van der Waals surface area contributed by atoms with E-state index in [-0.39, 0.29) is 17.8 Å². The summed E-state index contributed by atoms with van der Waals surface area (Å²) >= 11 is 0. The van der Waals surface area contributed by atoms with Crippen LogP contribution in [0.3, 0.4) is 0 Å². The number of nitrogens with two attached hydrogens (primary N) is 1. The van der Waals surface area contributed by atoms with Crippen LogP contribution in [0.5, 0.6) is 5.75 Å². The zero-order valence-corrected chi connectivity index (χ0v) is 13.9. The van der Waals surface area contributed by atoms with Crippen molar-refractivity contribution in [2.45, 2.75) is 50.6 Å². The number of nitrogens with one attached hydrogen (secondary N) is 1. The van der Waals surface area contributed by atoms with E-state index in [1.54, 1.807) is 6.07 Å². The molecule has 1 aromatic carbocycles. The number of likely N-dealkylation sites (tertiary alicyclic amines) is 1. The van der Waals surface area contributed by atoms with E-state index in [2.05, 4.69) is 19.9 Å². The van der Waals surface area contributed by atoms with E-state index in [4.69, 9.17) is 5.73 Å². The van der Waals surface area contributed by atoms with Gasteiger partial charge in [-0.15, -0.1) is 13.2 Å². The fraction of sp³-hybridized carbons (Fsp3) is 0.588. The minimum atomic E-state index is -4.71. The summed E-state index contributed by atoms with van der Waals surface area (Å²) in [4.78, 5) is 6.95. The molecule has 2 aliphatic rings. The van der Waals surface area contributed by atoms with Crippen molar-refractivity contribution in [3.05, 3.63) is 24.3 Å². The van der Waals surface area contributed by atoms with Crippen LogP contribution in [0.25, 0.3) is 0 Å². The van der Waals surface area contributed by atoms with Gasteiger partial charge >= 0.3 is 6.36 Å². The predicted molar refractivity (Wildman–Crippen MR) is 90.6 cm³/mol. The third-order valence-corrected chi connectivity index (χ3v) is 4.66. The van der Waals surface area contributed by atoms with Crippen LogP contribution >= 0.6 is 0 Å². The Morgan fingerprint density at radius 2 is 1.92 bits per heavy atom. The third-order valence-electron chi connectivity index (χ3n) is 4.66. The van der Waals surface area contributed by atoms with Gasteiger partial charge in [0.15, 0.2) is 5.96 Å². The fourth-order valence-electron chi connectivity index (χ4n) is 3.39. The van der Waals surface area contributed by atoms with E-state index >= 15 is 0 Å². The van der Waals surface area contributed by atoms with Gasteiger partial charge in [0.25, 0.3) is 0 Å². The molecule has 1 aliphatic carbocycles. The summed E-state index contributed by atoms with van der Waals surface area (Å²) in [6.45, 7) is 2.33. The number of rotatable bonds is 4. The second-order valence-electron chi connectivity index (χ2n) is 6.59. The zero-order chi connectivity index (χ0) is 17.9. The maximum Gasteiger partial charge on any atom is 0.573 e. The molecular weight excluding hydrogens is 333 g/mol. The lowest BCUT2D eigenvalue weighted by atomic mass is 9.85. The molecule has 0 amide bonds.